The molecule has 2 heterocycles. The maximum absolute atomic E-state index is 13.3. The molecule has 35 heavy (non-hydrogen) atoms. The Morgan fingerprint density at radius 1 is 1.09 bits per heavy atom. The summed E-state index contributed by atoms with van der Waals surface area (Å²) in [4.78, 5) is 29.0. The van der Waals surface area contributed by atoms with Gasteiger partial charge in [0.15, 0.2) is 0 Å². The molecule has 2 aromatic carbocycles. The van der Waals surface area contributed by atoms with Gasteiger partial charge in [0.05, 0.1) is 40.5 Å². The second-order valence-electron chi connectivity index (χ2n) is 7.42. The molecule has 176 valence electrons. The third-order valence-corrected chi connectivity index (χ3v) is 5.08. The fourth-order valence-electron chi connectivity index (χ4n) is 3.53. The van der Waals surface area contributed by atoms with Gasteiger partial charge in [0.25, 0.3) is 5.88 Å². The van der Waals surface area contributed by atoms with E-state index in [9.17, 15) is 22.8 Å². The van der Waals surface area contributed by atoms with E-state index in [4.69, 9.17) is 10.00 Å². The number of hydrogen-bond acceptors (Lipinski definition) is 6. The van der Waals surface area contributed by atoms with E-state index >= 15 is 0 Å². The van der Waals surface area contributed by atoms with E-state index in [1.807, 2.05) is 6.07 Å². The zero-order valence-corrected chi connectivity index (χ0v) is 18.4. The second kappa shape index (κ2) is 8.90. The number of ether oxygens (including phenoxy) is 1. The van der Waals surface area contributed by atoms with Crippen LogP contribution in [0.2, 0.25) is 0 Å². The minimum Gasteiger partial charge on any atom is -0.402 e. The monoisotopic (exact) mass is 479 g/mol. The largest absolute Gasteiger partial charge is 0.416 e. The molecule has 0 aliphatic heterocycles. The van der Waals surface area contributed by atoms with Crippen molar-refractivity contribution in [2.75, 3.05) is 0 Å². The van der Waals surface area contributed by atoms with E-state index < -0.39 is 29.1 Å². The van der Waals surface area contributed by atoms with Gasteiger partial charge in [-0.05, 0) is 55.5 Å². The van der Waals surface area contributed by atoms with Crippen LogP contribution in [0.15, 0.2) is 65.6 Å². The lowest BCUT2D eigenvalue weighted by molar-refractivity contribution is -0.137. The molecule has 4 aromatic rings. The summed E-state index contributed by atoms with van der Waals surface area (Å²) >= 11 is 0. The van der Waals surface area contributed by atoms with Gasteiger partial charge in [-0.15, -0.1) is 0 Å². The van der Waals surface area contributed by atoms with Crippen LogP contribution in [0, 0.1) is 18.3 Å². The van der Waals surface area contributed by atoms with Crippen molar-refractivity contribution in [3.05, 3.63) is 88.0 Å². The minimum atomic E-state index is -4.63. The SMILES string of the molecule is CC(=O)Oc1nc(-c2ccnn2-c2ccc(C#N)cc2)c(C)n(-c2cccc(C(F)(F)F)c2)c1=O. The number of rotatable bonds is 4. The summed E-state index contributed by atoms with van der Waals surface area (Å²) in [6.45, 7) is 2.59. The number of nitrogens with zero attached hydrogens (tertiary/aromatic N) is 5. The fraction of sp³-hybridized carbons (Fsp3) is 0.125. The summed E-state index contributed by atoms with van der Waals surface area (Å²) in [5.41, 5.74) is -0.199. The molecule has 0 spiro atoms. The van der Waals surface area contributed by atoms with Crippen molar-refractivity contribution < 1.29 is 22.7 Å². The zero-order chi connectivity index (χ0) is 25.3. The number of aromatic nitrogens is 4. The molecule has 0 saturated carbocycles. The number of alkyl halides is 3. The standard InChI is InChI=1S/C24H16F3N5O3/c1-14-21(20-10-11-29-32(20)18-8-6-16(13-28)7-9-18)30-22(35-15(2)33)23(34)31(14)19-5-3-4-17(12-19)24(25,26)27/h3-12H,1-2H3. The summed E-state index contributed by atoms with van der Waals surface area (Å²) in [7, 11) is 0. The topological polar surface area (TPSA) is 103 Å². The predicted molar refractivity (Wildman–Crippen MR) is 118 cm³/mol. The number of halogens is 3. The van der Waals surface area contributed by atoms with Crippen molar-refractivity contribution in [3.63, 3.8) is 0 Å². The smallest absolute Gasteiger partial charge is 0.402 e. The van der Waals surface area contributed by atoms with Gasteiger partial charge in [-0.3, -0.25) is 14.2 Å². The van der Waals surface area contributed by atoms with E-state index in [1.165, 1.54) is 29.9 Å². The van der Waals surface area contributed by atoms with Crippen molar-refractivity contribution in [1.82, 2.24) is 19.3 Å². The Labute approximate surface area is 196 Å². The quantitative estimate of drug-likeness (QED) is 0.407. The lowest BCUT2D eigenvalue weighted by Gasteiger charge is -2.17. The molecule has 2 aromatic heterocycles. The van der Waals surface area contributed by atoms with Crippen LogP contribution in [0.3, 0.4) is 0 Å². The Morgan fingerprint density at radius 3 is 2.43 bits per heavy atom. The molecule has 0 saturated heterocycles. The highest BCUT2D eigenvalue weighted by Gasteiger charge is 2.31. The molecule has 0 bridgehead atoms. The number of carbonyl (C=O) groups excluding carboxylic acids is 1. The van der Waals surface area contributed by atoms with Crippen molar-refractivity contribution in [1.29, 1.82) is 5.26 Å². The van der Waals surface area contributed by atoms with Crippen molar-refractivity contribution >= 4 is 5.97 Å². The highest BCUT2D eigenvalue weighted by molar-refractivity contribution is 5.69. The normalized spacial score (nSPS) is 11.2. The van der Waals surface area contributed by atoms with Gasteiger partial charge < -0.3 is 4.74 Å². The van der Waals surface area contributed by atoms with Crippen molar-refractivity contribution in [3.8, 4) is 34.7 Å². The average molecular weight is 479 g/mol. The third kappa shape index (κ3) is 4.54. The minimum absolute atomic E-state index is 0.0798. The first-order valence-electron chi connectivity index (χ1n) is 10.1. The highest BCUT2D eigenvalue weighted by Crippen LogP contribution is 2.31. The fourth-order valence-corrected chi connectivity index (χ4v) is 3.53. The molecule has 0 unspecified atom stereocenters. The molecular formula is C24H16F3N5O3. The molecule has 11 heteroatoms. The van der Waals surface area contributed by atoms with Crippen LogP contribution in [0.5, 0.6) is 5.88 Å². The van der Waals surface area contributed by atoms with Crippen LogP contribution in [-0.2, 0) is 11.0 Å². The summed E-state index contributed by atoms with van der Waals surface area (Å²) in [5, 5.41) is 13.3. The zero-order valence-electron chi connectivity index (χ0n) is 18.4. The van der Waals surface area contributed by atoms with E-state index in [1.54, 1.807) is 30.3 Å². The molecule has 0 aliphatic carbocycles. The van der Waals surface area contributed by atoms with Gasteiger partial charge in [0, 0.05) is 12.6 Å². The maximum Gasteiger partial charge on any atom is 0.416 e. The molecule has 0 radical (unpaired) electrons. The first-order valence-corrected chi connectivity index (χ1v) is 10.1. The van der Waals surface area contributed by atoms with Gasteiger partial charge in [-0.25, -0.2) is 9.67 Å². The van der Waals surface area contributed by atoms with Crippen LogP contribution in [0.4, 0.5) is 13.2 Å². The Hall–Kier alpha value is -4.72. The Morgan fingerprint density at radius 2 is 1.80 bits per heavy atom. The Balaban J connectivity index is 1.97. The molecule has 0 atom stereocenters. The van der Waals surface area contributed by atoms with Crippen LogP contribution in [0.25, 0.3) is 22.8 Å². The van der Waals surface area contributed by atoms with Gasteiger partial charge in [0.1, 0.15) is 5.69 Å². The lowest BCUT2D eigenvalue weighted by Crippen LogP contribution is -2.26. The summed E-state index contributed by atoms with van der Waals surface area (Å²) in [6, 6.07) is 14.3. The average Bonchev–Trinajstić information content (AvgIpc) is 3.30. The van der Waals surface area contributed by atoms with Gasteiger partial charge in [0.2, 0.25) is 0 Å². The molecule has 0 aliphatic rings. The summed E-state index contributed by atoms with van der Waals surface area (Å²) < 4.78 is 47.5. The van der Waals surface area contributed by atoms with Crippen molar-refractivity contribution in [2.24, 2.45) is 0 Å². The number of nitriles is 1. The highest BCUT2D eigenvalue weighted by atomic mass is 19.4. The van der Waals surface area contributed by atoms with E-state index in [2.05, 4.69) is 10.1 Å². The van der Waals surface area contributed by atoms with Crippen molar-refractivity contribution in [2.45, 2.75) is 20.0 Å². The van der Waals surface area contributed by atoms with E-state index in [0.717, 1.165) is 23.6 Å². The number of hydrogen-bond donors (Lipinski definition) is 0. The molecular weight excluding hydrogens is 463 g/mol. The van der Waals surface area contributed by atoms with Crippen LogP contribution in [-0.4, -0.2) is 25.3 Å². The maximum atomic E-state index is 13.3. The number of benzene rings is 2. The van der Waals surface area contributed by atoms with Crippen LogP contribution in [0.1, 0.15) is 23.7 Å². The Kier molecular flexibility index (Phi) is 5.96. The van der Waals surface area contributed by atoms with Crippen LogP contribution < -0.4 is 10.3 Å². The number of carbonyl (C=O) groups is 1. The number of esters is 1. The van der Waals surface area contributed by atoms with Gasteiger partial charge in [-0.2, -0.15) is 23.5 Å². The van der Waals surface area contributed by atoms with Gasteiger partial charge in [-0.1, -0.05) is 6.07 Å². The third-order valence-electron chi connectivity index (χ3n) is 5.08. The van der Waals surface area contributed by atoms with Crippen LogP contribution >= 0.6 is 0 Å². The lowest BCUT2D eigenvalue weighted by atomic mass is 10.1. The molecule has 8 nitrogen and oxygen atoms in total. The Bertz CT molecular complexity index is 1530. The van der Waals surface area contributed by atoms with E-state index in [0.29, 0.717) is 16.9 Å². The van der Waals surface area contributed by atoms with Gasteiger partial charge >= 0.3 is 17.7 Å². The molecule has 4 rings (SSSR count). The second-order valence-corrected chi connectivity index (χ2v) is 7.42. The predicted octanol–water partition coefficient (Wildman–Crippen LogP) is 4.21. The molecule has 0 amide bonds. The summed E-state index contributed by atoms with van der Waals surface area (Å²) in [6.07, 6.45) is -3.16. The molecule has 0 N–H and O–H groups in total. The first kappa shape index (κ1) is 23.4. The molecule has 0 fully saturated rings. The first-order chi connectivity index (χ1) is 16.6. The summed E-state index contributed by atoms with van der Waals surface area (Å²) in [5.74, 6) is -1.41. The van der Waals surface area contributed by atoms with E-state index in [-0.39, 0.29) is 17.1 Å².